The van der Waals surface area contributed by atoms with Crippen LogP contribution in [0.2, 0.25) is 0 Å². The fourth-order valence-corrected chi connectivity index (χ4v) is 2.41. The van der Waals surface area contributed by atoms with Crippen molar-refractivity contribution >= 4 is 17.8 Å². The van der Waals surface area contributed by atoms with Crippen molar-refractivity contribution in [3.8, 4) is 5.75 Å². The lowest BCUT2D eigenvalue weighted by Gasteiger charge is -1.98. The van der Waals surface area contributed by atoms with Gasteiger partial charge in [0.1, 0.15) is 5.75 Å². The van der Waals surface area contributed by atoms with E-state index in [1.54, 1.807) is 30.3 Å². The molecule has 0 saturated carbocycles. The maximum Gasteiger partial charge on any atom is 0.374 e. The molecule has 0 unspecified atom stereocenters. The number of methoxy groups -OCH3 is 1. The molecule has 1 aromatic carbocycles. The largest absolute Gasteiger partial charge is 0.508 e. The first kappa shape index (κ1) is 13.2. The Labute approximate surface area is 120 Å². The summed E-state index contributed by atoms with van der Waals surface area (Å²) in [4.78, 5) is 23.9. The van der Waals surface area contributed by atoms with Crippen molar-refractivity contribution in [2.75, 3.05) is 7.11 Å². The van der Waals surface area contributed by atoms with Crippen molar-refractivity contribution in [1.82, 2.24) is 0 Å². The van der Waals surface area contributed by atoms with Gasteiger partial charge in [0.2, 0.25) is 5.76 Å². The number of furan rings is 1. The number of hydrogen-bond donors (Lipinski definition) is 1. The van der Waals surface area contributed by atoms with E-state index in [1.165, 1.54) is 13.4 Å². The molecule has 0 amide bonds. The third kappa shape index (κ3) is 2.12. The van der Waals surface area contributed by atoms with E-state index in [0.29, 0.717) is 28.7 Å². The van der Waals surface area contributed by atoms with Gasteiger partial charge in [0.05, 0.1) is 13.4 Å². The summed E-state index contributed by atoms with van der Waals surface area (Å²) >= 11 is 0. The molecule has 1 N–H and O–H groups in total. The summed E-state index contributed by atoms with van der Waals surface area (Å²) in [5, 5.41) is 9.80. The predicted octanol–water partition coefficient (Wildman–Crippen LogP) is 2.59. The van der Waals surface area contributed by atoms with E-state index in [9.17, 15) is 14.7 Å². The maximum absolute atomic E-state index is 12.3. The van der Waals surface area contributed by atoms with Crippen LogP contribution in [0.1, 0.15) is 32.0 Å². The fraction of sp³-hybridized carbons (Fsp3) is 0.125. The van der Waals surface area contributed by atoms with Gasteiger partial charge in [0.15, 0.2) is 5.78 Å². The van der Waals surface area contributed by atoms with Crippen LogP contribution in [0.25, 0.3) is 6.08 Å². The van der Waals surface area contributed by atoms with Crippen molar-refractivity contribution < 1.29 is 23.8 Å². The number of esters is 1. The van der Waals surface area contributed by atoms with Gasteiger partial charge in [-0.2, -0.15) is 0 Å². The Morgan fingerprint density at radius 1 is 1.38 bits per heavy atom. The summed E-state index contributed by atoms with van der Waals surface area (Å²) in [6, 6.07) is 6.45. The van der Waals surface area contributed by atoms with E-state index < -0.39 is 5.97 Å². The van der Waals surface area contributed by atoms with Crippen LogP contribution >= 0.6 is 0 Å². The number of phenolic OH excluding ortho intramolecular Hbond substituents is 1. The number of ketones is 1. The molecule has 0 radical (unpaired) electrons. The van der Waals surface area contributed by atoms with E-state index in [1.807, 2.05) is 0 Å². The lowest BCUT2D eigenvalue weighted by Crippen LogP contribution is -2.02. The number of ether oxygens (including phenoxy) is 1. The summed E-state index contributed by atoms with van der Waals surface area (Å²) in [6.07, 6.45) is 3.28. The van der Waals surface area contributed by atoms with Gasteiger partial charge in [-0.25, -0.2) is 4.79 Å². The van der Waals surface area contributed by atoms with Crippen molar-refractivity contribution in [3.05, 3.63) is 58.6 Å². The highest BCUT2D eigenvalue weighted by Crippen LogP contribution is 2.33. The second-order valence-electron chi connectivity index (χ2n) is 4.68. The summed E-state index contributed by atoms with van der Waals surface area (Å²) in [5.41, 5.74) is 2.08. The van der Waals surface area contributed by atoms with Crippen molar-refractivity contribution in [2.24, 2.45) is 0 Å². The number of benzene rings is 1. The minimum atomic E-state index is -0.599. The van der Waals surface area contributed by atoms with Gasteiger partial charge in [-0.1, -0.05) is 12.1 Å². The van der Waals surface area contributed by atoms with Crippen molar-refractivity contribution in [2.45, 2.75) is 6.42 Å². The highest BCUT2D eigenvalue weighted by molar-refractivity contribution is 6.16. The Kier molecular flexibility index (Phi) is 3.10. The van der Waals surface area contributed by atoms with E-state index in [4.69, 9.17) is 4.42 Å². The lowest BCUT2D eigenvalue weighted by atomic mass is 10.1. The van der Waals surface area contributed by atoms with E-state index in [0.717, 1.165) is 0 Å². The first-order valence-electron chi connectivity index (χ1n) is 6.33. The van der Waals surface area contributed by atoms with Crippen LogP contribution in [0.15, 0.2) is 40.5 Å². The van der Waals surface area contributed by atoms with E-state index in [2.05, 4.69) is 4.74 Å². The molecule has 106 valence electrons. The number of fused-ring (bicyclic) bond motifs is 1. The molecule has 5 nitrogen and oxygen atoms in total. The maximum atomic E-state index is 12.3. The molecule has 1 aliphatic carbocycles. The molecule has 3 rings (SSSR count). The topological polar surface area (TPSA) is 76.7 Å². The van der Waals surface area contributed by atoms with Crippen LogP contribution in [-0.2, 0) is 11.2 Å². The zero-order valence-electron chi connectivity index (χ0n) is 11.3. The number of aromatic hydroxyl groups is 1. The monoisotopic (exact) mass is 284 g/mol. The van der Waals surface area contributed by atoms with Gasteiger partial charge in [-0.05, 0) is 18.2 Å². The van der Waals surface area contributed by atoms with Crippen LogP contribution < -0.4 is 0 Å². The highest BCUT2D eigenvalue weighted by Gasteiger charge is 2.27. The van der Waals surface area contributed by atoms with Gasteiger partial charge in [-0.15, -0.1) is 0 Å². The van der Waals surface area contributed by atoms with E-state index in [-0.39, 0.29) is 17.3 Å². The number of allylic oxidation sites excluding steroid dienone is 1. The Morgan fingerprint density at radius 2 is 2.19 bits per heavy atom. The Morgan fingerprint density at radius 3 is 2.90 bits per heavy atom. The van der Waals surface area contributed by atoms with Gasteiger partial charge in [0.25, 0.3) is 0 Å². The second kappa shape index (κ2) is 4.94. The zero-order chi connectivity index (χ0) is 15.0. The molecule has 5 heteroatoms. The molecule has 1 aromatic heterocycles. The SMILES string of the molecule is COC(=O)c1occc1/C=C1\Cc2c(O)cccc2C1=O. The molecule has 0 aliphatic heterocycles. The summed E-state index contributed by atoms with van der Waals surface area (Å²) in [7, 11) is 1.26. The molecule has 0 saturated heterocycles. The van der Waals surface area contributed by atoms with E-state index >= 15 is 0 Å². The molecular formula is C16H12O5. The molecular weight excluding hydrogens is 272 g/mol. The highest BCUT2D eigenvalue weighted by atomic mass is 16.5. The van der Waals surface area contributed by atoms with Crippen molar-refractivity contribution in [3.63, 3.8) is 0 Å². The number of carbonyl (C=O) groups is 2. The third-order valence-electron chi connectivity index (χ3n) is 3.45. The van der Waals surface area contributed by atoms with Gasteiger partial charge in [-0.3, -0.25) is 4.79 Å². The predicted molar refractivity (Wildman–Crippen MR) is 74.2 cm³/mol. The standard InChI is InChI=1S/C16H12O5/c1-20-16(19)15-9(5-6-21-15)7-10-8-12-11(14(10)18)3-2-4-13(12)17/h2-7,17H,8H2,1H3/b10-7+. The summed E-state index contributed by atoms with van der Waals surface area (Å²) < 4.78 is 9.70. The summed E-state index contributed by atoms with van der Waals surface area (Å²) in [5.74, 6) is -0.599. The molecule has 2 aromatic rings. The molecule has 0 fully saturated rings. The minimum absolute atomic E-state index is 0.0537. The third-order valence-corrected chi connectivity index (χ3v) is 3.45. The first-order valence-corrected chi connectivity index (χ1v) is 6.33. The Bertz CT molecular complexity index is 767. The van der Waals surface area contributed by atoms with Gasteiger partial charge >= 0.3 is 5.97 Å². The molecule has 0 bridgehead atoms. The Balaban J connectivity index is 2.01. The number of rotatable bonds is 2. The first-order chi connectivity index (χ1) is 10.1. The van der Waals surface area contributed by atoms with Crippen LogP contribution in [0.3, 0.4) is 0 Å². The number of phenols is 1. The smallest absolute Gasteiger partial charge is 0.374 e. The molecule has 0 spiro atoms. The Hall–Kier alpha value is -2.82. The fourth-order valence-electron chi connectivity index (χ4n) is 2.41. The number of Topliss-reactive ketones (excluding diaryl/α,β-unsaturated/α-hetero) is 1. The van der Waals surface area contributed by atoms with Crippen LogP contribution in [-0.4, -0.2) is 24.0 Å². The molecule has 1 heterocycles. The lowest BCUT2D eigenvalue weighted by molar-refractivity contribution is 0.0564. The summed E-state index contributed by atoms with van der Waals surface area (Å²) in [6.45, 7) is 0. The normalized spacial score (nSPS) is 15.3. The van der Waals surface area contributed by atoms with Crippen LogP contribution in [0.4, 0.5) is 0 Å². The number of hydrogen-bond acceptors (Lipinski definition) is 5. The second-order valence-corrected chi connectivity index (χ2v) is 4.68. The van der Waals surface area contributed by atoms with Crippen LogP contribution in [0, 0.1) is 0 Å². The molecule has 21 heavy (non-hydrogen) atoms. The average Bonchev–Trinajstić information content (AvgIpc) is 3.06. The quantitative estimate of drug-likeness (QED) is 0.677. The number of carbonyl (C=O) groups excluding carboxylic acids is 2. The molecule has 0 atom stereocenters. The molecule has 1 aliphatic rings. The average molecular weight is 284 g/mol. The van der Waals surface area contributed by atoms with Crippen molar-refractivity contribution in [1.29, 1.82) is 0 Å². The minimum Gasteiger partial charge on any atom is -0.508 e. The van der Waals surface area contributed by atoms with Crippen LogP contribution in [0.5, 0.6) is 5.75 Å². The van der Waals surface area contributed by atoms with Gasteiger partial charge < -0.3 is 14.3 Å². The van der Waals surface area contributed by atoms with Gasteiger partial charge in [0, 0.05) is 28.7 Å². The zero-order valence-corrected chi connectivity index (χ0v) is 11.3.